The molecule has 0 aliphatic carbocycles. The Balaban J connectivity index is 0.000000163. The van der Waals surface area contributed by atoms with E-state index in [4.69, 9.17) is 33.8 Å². The van der Waals surface area contributed by atoms with Crippen LogP contribution in [0.4, 0.5) is 0 Å². The summed E-state index contributed by atoms with van der Waals surface area (Å²) in [6.45, 7) is 17.8. The van der Waals surface area contributed by atoms with E-state index in [1.807, 2.05) is 88.0 Å². The molecule has 11 rings (SSSR count). The van der Waals surface area contributed by atoms with E-state index in [1.54, 1.807) is 46.6 Å². The number of amides is 1. The molecule has 2 unspecified atom stereocenters. The number of hydrogen-bond acceptors (Lipinski definition) is 12. The van der Waals surface area contributed by atoms with Crippen molar-refractivity contribution in [3.8, 4) is 0 Å². The predicted molar refractivity (Wildman–Crippen MR) is 248 cm³/mol. The molecule has 17 heteroatoms. The molecule has 0 spiro atoms. The molecule has 7 aromatic rings. The topological polar surface area (TPSA) is 180 Å². The fourth-order valence-corrected chi connectivity index (χ4v) is 9.95. The second-order valence-electron chi connectivity index (χ2n) is 17.5. The van der Waals surface area contributed by atoms with Crippen LogP contribution in [0.3, 0.4) is 0 Å². The van der Waals surface area contributed by atoms with E-state index in [0.29, 0.717) is 58.1 Å². The Bertz CT molecular complexity index is 3130. The highest BCUT2D eigenvalue weighted by Gasteiger charge is 2.63. The van der Waals surface area contributed by atoms with Gasteiger partial charge in [-0.25, -0.2) is 19.9 Å². The molecule has 68 heavy (non-hydrogen) atoms. The second-order valence-corrected chi connectivity index (χ2v) is 17.5. The molecule has 3 aromatic carbocycles. The monoisotopic (exact) mass is 918 g/mol. The molecular weight excluding hydrogens is 865 g/mol. The van der Waals surface area contributed by atoms with Crippen LogP contribution in [-0.4, -0.2) is 67.5 Å². The average Bonchev–Trinajstić information content (AvgIpc) is 4.20. The Labute approximate surface area is 392 Å². The molecule has 4 fully saturated rings. The maximum Gasteiger partial charge on any atom is 0.279 e. The molecule has 350 valence electrons. The van der Waals surface area contributed by atoms with Gasteiger partial charge in [-0.2, -0.15) is 4.99 Å². The van der Waals surface area contributed by atoms with Gasteiger partial charge in [0.05, 0.1) is 25.9 Å². The van der Waals surface area contributed by atoms with E-state index < -0.39 is 17.4 Å². The SMILES string of the molecule is C=C1O[C@H]2C(C)[C@@]1(CC)O[C@H]2n1cnc2c(=N)n(COCc3ccccc3)cnc21.C=C1O[C@H]2C(C)[C@@]1(CC)O[C@H]2n1cnc2c(=NC(=O)c3ccccc3)n(COCc3ccccc3)cnc21. The molecule has 0 saturated carbocycles. The largest absolute Gasteiger partial charge is 0.487 e. The van der Waals surface area contributed by atoms with Gasteiger partial charge in [-0.05, 0) is 36.1 Å². The van der Waals surface area contributed by atoms with E-state index in [-0.39, 0.29) is 55.1 Å². The highest BCUT2D eigenvalue weighted by molar-refractivity contribution is 5.95. The minimum atomic E-state index is -0.539. The third-order valence-electron chi connectivity index (χ3n) is 13.9. The first-order chi connectivity index (χ1) is 33.1. The molecule has 4 bridgehead atoms. The van der Waals surface area contributed by atoms with Crippen LogP contribution in [0, 0.1) is 17.2 Å². The van der Waals surface area contributed by atoms with Crippen LogP contribution in [0.5, 0.6) is 0 Å². The van der Waals surface area contributed by atoms with Crippen LogP contribution < -0.4 is 11.0 Å². The van der Waals surface area contributed by atoms with Gasteiger partial charge < -0.3 is 28.4 Å². The number of imidazole rings is 2. The van der Waals surface area contributed by atoms with E-state index in [0.717, 1.165) is 24.0 Å². The number of benzene rings is 3. The van der Waals surface area contributed by atoms with Crippen molar-refractivity contribution in [3.63, 3.8) is 0 Å². The summed E-state index contributed by atoms with van der Waals surface area (Å²) in [5.41, 5.74) is 4.33. The summed E-state index contributed by atoms with van der Waals surface area (Å²) in [7, 11) is 0. The molecule has 8 heterocycles. The van der Waals surface area contributed by atoms with Crippen molar-refractivity contribution in [3.05, 3.63) is 169 Å². The normalized spacial score (nSPS) is 26.0. The number of hydrogen-bond donors (Lipinski definition) is 1. The lowest BCUT2D eigenvalue weighted by atomic mass is 9.86. The highest BCUT2D eigenvalue weighted by Crippen LogP contribution is 2.56. The Morgan fingerprint density at radius 3 is 1.62 bits per heavy atom. The molecule has 1 N–H and O–H groups in total. The van der Waals surface area contributed by atoms with Crippen molar-refractivity contribution >= 4 is 28.2 Å². The zero-order chi connectivity index (χ0) is 47.2. The van der Waals surface area contributed by atoms with Crippen molar-refractivity contribution in [2.45, 2.75) is 103 Å². The van der Waals surface area contributed by atoms with E-state index >= 15 is 0 Å². The van der Waals surface area contributed by atoms with Gasteiger partial charge in [0.1, 0.15) is 61.0 Å². The van der Waals surface area contributed by atoms with Gasteiger partial charge >= 0.3 is 0 Å². The zero-order valence-corrected chi connectivity index (χ0v) is 38.5. The van der Waals surface area contributed by atoms with Crippen LogP contribution in [0.1, 0.15) is 74.5 Å². The summed E-state index contributed by atoms with van der Waals surface area (Å²) >= 11 is 0. The summed E-state index contributed by atoms with van der Waals surface area (Å²) < 4.78 is 43.9. The summed E-state index contributed by atoms with van der Waals surface area (Å²) in [6, 6.07) is 28.7. The number of carbonyl (C=O) groups excluding carboxylic acids is 1. The first kappa shape index (κ1) is 44.8. The number of nitrogens with one attached hydrogen (secondary N) is 1. The smallest absolute Gasteiger partial charge is 0.279 e. The Morgan fingerprint density at radius 2 is 1.12 bits per heavy atom. The molecular formula is C51H54N10O7. The molecule has 8 atom stereocenters. The number of rotatable bonds is 13. The van der Waals surface area contributed by atoms with Crippen LogP contribution in [0.15, 0.2) is 146 Å². The summed E-state index contributed by atoms with van der Waals surface area (Å²) in [6.07, 6.45) is 7.01. The molecule has 4 aliphatic heterocycles. The molecule has 1 amide bonds. The summed E-state index contributed by atoms with van der Waals surface area (Å²) in [4.78, 5) is 35.9. The number of aromatic nitrogens is 8. The van der Waals surface area contributed by atoms with E-state index in [9.17, 15) is 4.79 Å². The maximum absolute atomic E-state index is 13.1. The fraction of sp³-hybridized carbons (Fsp3) is 0.353. The lowest BCUT2D eigenvalue weighted by molar-refractivity contribution is -0.136. The molecule has 0 radical (unpaired) electrons. The number of carbonyl (C=O) groups is 1. The van der Waals surface area contributed by atoms with Crippen molar-refractivity contribution in [2.24, 2.45) is 16.8 Å². The van der Waals surface area contributed by atoms with Crippen molar-refractivity contribution in [1.29, 1.82) is 5.41 Å². The Morgan fingerprint density at radius 1 is 0.662 bits per heavy atom. The Hall–Kier alpha value is -7.05. The zero-order valence-electron chi connectivity index (χ0n) is 38.5. The third kappa shape index (κ3) is 7.64. The van der Waals surface area contributed by atoms with Gasteiger partial charge in [0.25, 0.3) is 5.91 Å². The first-order valence-electron chi connectivity index (χ1n) is 22.9. The van der Waals surface area contributed by atoms with Crippen molar-refractivity contribution < 1.29 is 33.2 Å². The molecule has 17 nitrogen and oxygen atoms in total. The van der Waals surface area contributed by atoms with Gasteiger partial charge in [0, 0.05) is 17.4 Å². The molecule has 4 saturated heterocycles. The van der Waals surface area contributed by atoms with E-state index in [1.165, 1.54) is 0 Å². The second kappa shape index (κ2) is 18.2. The van der Waals surface area contributed by atoms with Crippen LogP contribution >= 0.6 is 0 Å². The number of fused-ring (bicyclic) bond motifs is 6. The third-order valence-corrected chi connectivity index (χ3v) is 13.9. The molecule has 4 aromatic heterocycles. The van der Waals surface area contributed by atoms with Gasteiger partial charge in [0.15, 0.2) is 45.8 Å². The number of ether oxygens (including phenoxy) is 6. The minimum absolute atomic E-state index is 0.131. The first-order valence-corrected chi connectivity index (χ1v) is 22.9. The van der Waals surface area contributed by atoms with E-state index in [2.05, 4.69) is 65.8 Å². The lowest BCUT2D eigenvalue weighted by Gasteiger charge is -2.32. The lowest BCUT2D eigenvalue weighted by Crippen LogP contribution is -2.34. The highest BCUT2D eigenvalue weighted by atomic mass is 16.6. The van der Waals surface area contributed by atoms with Crippen LogP contribution in [-0.2, 0) is 55.1 Å². The van der Waals surface area contributed by atoms with Crippen molar-refractivity contribution in [1.82, 2.24) is 38.2 Å². The summed E-state index contributed by atoms with van der Waals surface area (Å²) in [5, 5.41) is 8.54. The minimum Gasteiger partial charge on any atom is -0.487 e. The maximum atomic E-state index is 13.1. The van der Waals surface area contributed by atoms with Gasteiger partial charge in [0.2, 0.25) is 0 Å². The predicted octanol–water partition coefficient (Wildman–Crippen LogP) is 7.49. The average molecular weight is 919 g/mol. The van der Waals surface area contributed by atoms with Crippen LogP contribution in [0.2, 0.25) is 0 Å². The summed E-state index contributed by atoms with van der Waals surface area (Å²) in [5.74, 6) is 1.31. The molecule has 4 aliphatic rings. The quantitative estimate of drug-likeness (QED) is 0.121. The van der Waals surface area contributed by atoms with Gasteiger partial charge in [-0.3, -0.25) is 28.5 Å². The van der Waals surface area contributed by atoms with Gasteiger partial charge in [-0.1, -0.05) is 120 Å². The fourth-order valence-electron chi connectivity index (χ4n) is 9.95. The number of nitrogens with zero attached hydrogens (tertiary/aromatic N) is 9. The van der Waals surface area contributed by atoms with Gasteiger partial charge in [-0.15, -0.1) is 0 Å². The van der Waals surface area contributed by atoms with Crippen LogP contribution in [0.25, 0.3) is 22.3 Å². The Kier molecular flexibility index (Phi) is 12.0. The van der Waals surface area contributed by atoms with Crippen molar-refractivity contribution in [2.75, 3.05) is 0 Å². The standard InChI is InChI=1S/C29H29N5O4.C22H25N5O3/c1-4-29-19(2)24(37-20(29)3)28(38-29)34-17-30-23-25(34)31-16-33(18-36-15-21-11-7-5-8-12-21)26(23)32-27(35)22-13-9-6-10-14-22;1-4-22-14(2)18(29-15(22)3)21(30-22)27-12-24-17-19(23)26(11-25-20(17)27)13-28-10-16-8-6-5-7-9-16/h5-14,16-17,19,24,28H,3-4,15,18H2,1-2H3;5-9,11-12,14,18,21,23H,3-4,10,13H2,1-2H3/t19?,24-,28+,29+;14?,18-,21+,22+/m00/s1.